The Bertz CT molecular complexity index is 533. The van der Waals surface area contributed by atoms with Crippen molar-refractivity contribution in [3.8, 4) is 10.6 Å². The molecule has 1 atom stereocenters. The number of hydrogen-bond donors (Lipinski definition) is 1. The van der Waals surface area contributed by atoms with Gasteiger partial charge in [-0.2, -0.15) is 0 Å². The maximum absolute atomic E-state index is 13.4. The average Bonchev–Trinajstić information content (AvgIpc) is 2.84. The summed E-state index contributed by atoms with van der Waals surface area (Å²) in [5.74, 6) is -0.231. The Morgan fingerprint density at radius 3 is 2.68 bits per heavy atom. The Labute approximate surface area is 116 Å². The summed E-state index contributed by atoms with van der Waals surface area (Å²) in [6, 6.07) is 5.18. The zero-order valence-electron chi connectivity index (χ0n) is 11.4. The first-order chi connectivity index (χ1) is 9.13. The van der Waals surface area contributed by atoms with Crippen LogP contribution in [-0.4, -0.2) is 16.7 Å². The van der Waals surface area contributed by atoms with E-state index < -0.39 is 0 Å². The minimum Gasteiger partial charge on any atom is -0.308 e. The van der Waals surface area contributed by atoms with E-state index >= 15 is 0 Å². The van der Waals surface area contributed by atoms with E-state index in [0.29, 0.717) is 0 Å². The molecule has 1 aromatic heterocycles. The summed E-state index contributed by atoms with van der Waals surface area (Å²) in [5.41, 5.74) is 1.69. The molecule has 0 spiro atoms. The largest absolute Gasteiger partial charge is 0.308 e. The van der Waals surface area contributed by atoms with Crippen molar-refractivity contribution in [2.75, 3.05) is 6.54 Å². The third-order valence-electron chi connectivity index (χ3n) is 2.89. The highest BCUT2D eigenvalue weighted by atomic mass is 32.1. The second-order valence-corrected chi connectivity index (χ2v) is 5.49. The van der Waals surface area contributed by atoms with Crippen molar-refractivity contribution >= 4 is 11.3 Å². The molecule has 0 radical (unpaired) electrons. The molecule has 2 aromatic rings. The molecule has 1 heterocycles. The van der Waals surface area contributed by atoms with Crippen molar-refractivity contribution in [2.45, 2.75) is 33.2 Å². The Hall–Kier alpha value is -1.33. The molecule has 0 aliphatic carbocycles. The molecule has 0 fully saturated rings. The smallest absolute Gasteiger partial charge is 0.147 e. The van der Waals surface area contributed by atoms with E-state index in [9.17, 15) is 4.39 Å². The molecule has 0 amide bonds. The number of rotatable bonds is 5. The second kappa shape index (κ2) is 6.21. The van der Waals surface area contributed by atoms with Gasteiger partial charge in [-0.05, 0) is 43.7 Å². The fourth-order valence-electron chi connectivity index (χ4n) is 2.00. The normalized spacial score (nSPS) is 12.6. The molecule has 0 aliphatic heterocycles. The van der Waals surface area contributed by atoms with E-state index in [1.807, 2.05) is 13.0 Å². The number of aryl methyl sites for hydroxylation is 1. The maximum atomic E-state index is 13.4. The summed E-state index contributed by atoms with van der Waals surface area (Å²) < 4.78 is 13.4. The summed E-state index contributed by atoms with van der Waals surface area (Å²) in [5, 5.41) is 13.5. The van der Waals surface area contributed by atoms with Gasteiger partial charge in [0.2, 0.25) is 0 Å². The van der Waals surface area contributed by atoms with Gasteiger partial charge < -0.3 is 5.32 Å². The van der Waals surface area contributed by atoms with E-state index in [2.05, 4.69) is 29.4 Å². The van der Waals surface area contributed by atoms with Crippen LogP contribution in [0.5, 0.6) is 0 Å². The maximum Gasteiger partial charge on any atom is 0.147 e. The van der Waals surface area contributed by atoms with Gasteiger partial charge in [-0.15, -0.1) is 10.2 Å². The van der Waals surface area contributed by atoms with E-state index in [1.165, 1.54) is 23.5 Å². The SMILES string of the molecule is CCNC(CC)c1nnc(-c2cc(C)cc(F)c2)s1. The van der Waals surface area contributed by atoms with Gasteiger partial charge in [0.05, 0.1) is 6.04 Å². The Kier molecular flexibility index (Phi) is 4.61. The van der Waals surface area contributed by atoms with Gasteiger partial charge in [0.1, 0.15) is 15.8 Å². The van der Waals surface area contributed by atoms with Crippen LogP contribution in [0.2, 0.25) is 0 Å². The topological polar surface area (TPSA) is 37.8 Å². The first-order valence-electron chi connectivity index (χ1n) is 6.48. The summed E-state index contributed by atoms with van der Waals surface area (Å²) >= 11 is 1.52. The van der Waals surface area contributed by atoms with Crippen LogP contribution in [0.15, 0.2) is 18.2 Å². The molecule has 5 heteroatoms. The predicted octanol–water partition coefficient (Wildman–Crippen LogP) is 3.71. The predicted molar refractivity (Wildman–Crippen MR) is 76.7 cm³/mol. The van der Waals surface area contributed by atoms with Crippen LogP contribution in [0.25, 0.3) is 10.6 Å². The van der Waals surface area contributed by atoms with Gasteiger partial charge >= 0.3 is 0 Å². The lowest BCUT2D eigenvalue weighted by molar-refractivity contribution is 0.531. The molecule has 0 saturated carbocycles. The molecule has 19 heavy (non-hydrogen) atoms. The molecule has 102 valence electrons. The van der Waals surface area contributed by atoms with Gasteiger partial charge in [0.15, 0.2) is 0 Å². The van der Waals surface area contributed by atoms with E-state index in [-0.39, 0.29) is 11.9 Å². The van der Waals surface area contributed by atoms with Gasteiger partial charge in [0.25, 0.3) is 0 Å². The van der Waals surface area contributed by atoms with Crippen LogP contribution in [0.4, 0.5) is 4.39 Å². The number of benzene rings is 1. The van der Waals surface area contributed by atoms with Crippen LogP contribution in [0.1, 0.15) is 36.9 Å². The Morgan fingerprint density at radius 1 is 1.26 bits per heavy atom. The lowest BCUT2D eigenvalue weighted by Crippen LogP contribution is -2.19. The molecular weight excluding hydrogens is 261 g/mol. The average molecular weight is 279 g/mol. The lowest BCUT2D eigenvalue weighted by Gasteiger charge is -2.10. The molecule has 0 bridgehead atoms. The van der Waals surface area contributed by atoms with Crippen molar-refractivity contribution in [2.24, 2.45) is 0 Å². The van der Waals surface area contributed by atoms with Gasteiger partial charge in [-0.1, -0.05) is 25.2 Å². The fourth-order valence-corrected chi connectivity index (χ4v) is 2.99. The van der Waals surface area contributed by atoms with E-state index in [4.69, 9.17) is 0 Å². The van der Waals surface area contributed by atoms with Crippen molar-refractivity contribution in [1.29, 1.82) is 0 Å². The van der Waals surface area contributed by atoms with Crippen molar-refractivity contribution < 1.29 is 4.39 Å². The highest BCUT2D eigenvalue weighted by Crippen LogP contribution is 2.29. The lowest BCUT2D eigenvalue weighted by atomic mass is 10.1. The van der Waals surface area contributed by atoms with Crippen LogP contribution in [0, 0.1) is 12.7 Å². The highest BCUT2D eigenvalue weighted by Gasteiger charge is 2.15. The number of halogens is 1. The summed E-state index contributed by atoms with van der Waals surface area (Å²) in [6.07, 6.45) is 0.963. The molecular formula is C14H18FN3S. The number of aromatic nitrogens is 2. The number of nitrogens with one attached hydrogen (secondary N) is 1. The standard InChI is InChI=1S/C14H18FN3S/c1-4-12(16-5-2)14-18-17-13(19-14)10-6-9(3)7-11(15)8-10/h6-8,12,16H,4-5H2,1-3H3. The zero-order chi connectivity index (χ0) is 13.8. The van der Waals surface area contributed by atoms with Gasteiger partial charge in [-0.3, -0.25) is 0 Å². The summed E-state index contributed by atoms with van der Waals surface area (Å²) in [4.78, 5) is 0. The van der Waals surface area contributed by atoms with E-state index in [1.54, 1.807) is 0 Å². The monoisotopic (exact) mass is 279 g/mol. The third kappa shape index (κ3) is 3.36. The van der Waals surface area contributed by atoms with Crippen molar-refractivity contribution in [3.63, 3.8) is 0 Å². The third-order valence-corrected chi connectivity index (χ3v) is 3.97. The molecule has 3 nitrogen and oxygen atoms in total. The molecule has 2 rings (SSSR count). The Balaban J connectivity index is 2.29. The minimum atomic E-state index is -0.231. The first-order valence-corrected chi connectivity index (χ1v) is 7.30. The van der Waals surface area contributed by atoms with Crippen LogP contribution in [-0.2, 0) is 0 Å². The van der Waals surface area contributed by atoms with Crippen LogP contribution < -0.4 is 5.32 Å². The number of hydrogen-bond acceptors (Lipinski definition) is 4. The highest BCUT2D eigenvalue weighted by molar-refractivity contribution is 7.14. The van der Waals surface area contributed by atoms with Crippen molar-refractivity contribution in [3.05, 3.63) is 34.6 Å². The molecule has 1 aromatic carbocycles. The summed E-state index contributed by atoms with van der Waals surface area (Å²) in [6.45, 7) is 6.95. The number of nitrogens with zero attached hydrogens (tertiary/aromatic N) is 2. The van der Waals surface area contributed by atoms with Gasteiger partial charge in [-0.25, -0.2) is 4.39 Å². The molecule has 1 N–H and O–H groups in total. The van der Waals surface area contributed by atoms with E-state index in [0.717, 1.165) is 34.1 Å². The quantitative estimate of drug-likeness (QED) is 0.906. The Morgan fingerprint density at radius 2 is 2.05 bits per heavy atom. The van der Waals surface area contributed by atoms with Crippen LogP contribution >= 0.6 is 11.3 Å². The second-order valence-electron chi connectivity index (χ2n) is 4.48. The molecule has 0 aliphatic rings. The molecule has 0 saturated heterocycles. The first kappa shape index (κ1) is 14.1. The fraction of sp³-hybridized carbons (Fsp3) is 0.429. The van der Waals surface area contributed by atoms with Crippen LogP contribution in [0.3, 0.4) is 0 Å². The van der Waals surface area contributed by atoms with Gasteiger partial charge in [0, 0.05) is 5.56 Å². The minimum absolute atomic E-state index is 0.228. The zero-order valence-corrected chi connectivity index (χ0v) is 12.2. The van der Waals surface area contributed by atoms with Crippen molar-refractivity contribution in [1.82, 2.24) is 15.5 Å². The molecule has 1 unspecified atom stereocenters. The summed E-state index contributed by atoms with van der Waals surface area (Å²) in [7, 11) is 0.